The molecule has 0 aliphatic heterocycles. The number of thiazole rings is 1. The van der Waals surface area contributed by atoms with Gasteiger partial charge in [0.1, 0.15) is 4.88 Å². The molecule has 0 radical (unpaired) electrons. The normalized spacial score (nSPS) is 10.2. The molecule has 1 heterocycles. The molecular weight excluding hydrogens is 256 g/mol. The first kappa shape index (κ1) is 11.9. The smallest absolute Gasteiger partial charge is 0.347 e. The number of thioether (sulfide) groups is 1. The Balaban J connectivity index is 2.11. The van der Waals surface area contributed by atoms with Gasteiger partial charge in [0, 0.05) is 10.6 Å². The van der Waals surface area contributed by atoms with Crippen molar-refractivity contribution in [2.75, 3.05) is 11.6 Å². The summed E-state index contributed by atoms with van der Waals surface area (Å²) in [5.41, 5.74) is 0.897. The van der Waals surface area contributed by atoms with Crippen LogP contribution in [0.25, 0.3) is 0 Å². The van der Waals surface area contributed by atoms with Crippen molar-refractivity contribution in [1.29, 1.82) is 0 Å². The van der Waals surface area contributed by atoms with E-state index >= 15 is 0 Å². The van der Waals surface area contributed by atoms with Crippen molar-refractivity contribution in [3.05, 3.63) is 35.3 Å². The van der Waals surface area contributed by atoms with Crippen molar-refractivity contribution in [2.45, 2.75) is 4.90 Å². The van der Waals surface area contributed by atoms with Crippen LogP contribution in [0.1, 0.15) is 9.67 Å². The molecular formula is C11H10N2O2S2. The standard InChI is InChI=1S/C11H10N2O2S2/c1-16-8-4-2-7(3-5-8)13-11-12-6-9(17-11)10(14)15/h2-6H,1H3,(H,12,13)(H,14,15). The molecule has 17 heavy (non-hydrogen) atoms. The molecule has 2 aromatic rings. The molecule has 1 aromatic heterocycles. The Kier molecular flexibility index (Phi) is 3.65. The number of hydrogen-bond acceptors (Lipinski definition) is 5. The highest BCUT2D eigenvalue weighted by Crippen LogP contribution is 2.24. The third-order valence-corrected chi connectivity index (χ3v) is 3.70. The van der Waals surface area contributed by atoms with Crippen LogP contribution in [-0.2, 0) is 0 Å². The van der Waals surface area contributed by atoms with Gasteiger partial charge < -0.3 is 10.4 Å². The number of carbonyl (C=O) groups is 1. The summed E-state index contributed by atoms with van der Waals surface area (Å²) >= 11 is 2.79. The number of aromatic nitrogens is 1. The number of hydrogen-bond donors (Lipinski definition) is 2. The van der Waals surface area contributed by atoms with Crippen molar-refractivity contribution in [3.63, 3.8) is 0 Å². The third-order valence-electron chi connectivity index (χ3n) is 2.06. The van der Waals surface area contributed by atoms with Crippen LogP contribution in [0, 0.1) is 0 Å². The average Bonchev–Trinajstić information content (AvgIpc) is 2.79. The minimum absolute atomic E-state index is 0.230. The van der Waals surface area contributed by atoms with Crippen LogP contribution < -0.4 is 5.32 Å². The first-order chi connectivity index (χ1) is 8.19. The second kappa shape index (κ2) is 5.20. The van der Waals surface area contributed by atoms with Crippen LogP contribution in [0.15, 0.2) is 35.4 Å². The van der Waals surface area contributed by atoms with Gasteiger partial charge in [-0.25, -0.2) is 9.78 Å². The van der Waals surface area contributed by atoms with E-state index in [1.807, 2.05) is 30.5 Å². The number of carboxylic acid groups (broad SMARTS) is 1. The summed E-state index contributed by atoms with van der Waals surface area (Å²) in [5.74, 6) is -0.951. The monoisotopic (exact) mass is 266 g/mol. The highest BCUT2D eigenvalue weighted by molar-refractivity contribution is 7.98. The van der Waals surface area contributed by atoms with Gasteiger partial charge in [0.15, 0.2) is 5.13 Å². The molecule has 4 nitrogen and oxygen atoms in total. The van der Waals surface area contributed by atoms with Crippen LogP contribution in [0.3, 0.4) is 0 Å². The SMILES string of the molecule is CSc1ccc(Nc2ncc(C(=O)O)s2)cc1. The van der Waals surface area contributed by atoms with Gasteiger partial charge >= 0.3 is 5.97 Å². The Bertz CT molecular complexity index is 523. The first-order valence-corrected chi connectivity index (χ1v) is 6.83. The zero-order chi connectivity index (χ0) is 12.3. The highest BCUT2D eigenvalue weighted by Gasteiger charge is 2.08. The number of carboxylic acids is 1. The second-order valence-corrected chi connectivity index (χ2v) is 5.10. The van der Waals surface area contributed by atoms with E-state index in [1.165, 1.54) is 11.1 Å². The highest BCUT2D eigenvalue weighted by atomic mass is 32.2. The van der Waals surface area contributed by atoms with Gasteiger partial charge in [-0.2, -0.15) is 0 Å². The second-order valence-electron chi connectivity index (χ2n) is 3.19. The van der Waals surface area contributed by atoms with E-state index in [2.05, 4.69) is 10.3 Å². The fraction of sp³-hybridized carbons (Fsp3) is 0.0909. The number of anilines is 2. The molecule has 0 saturated carbocycles. The third kappa shape index (κ3) is 2.98. The number of rotatable bonds is 4. The number of nitrogens with zero attached hydrogens (tertiary/aromatic N) is 1. The van der Waals surface area contributed by atoms with E-state index < -0.39 is 5.97 Å². The van der Waals surface area contributed by atoms with Crippen LogP contribution in [0.2, 0.25) is 0 Å². The molecule has 0 atom stereocenters. The van der Waals surface area contributed by atoms with Gasteiger partial charge in [0.25, 0.3) is 0 Å². The van der Waals surface area contributed by atoms with Crippen molar-refractivity contribution < 1.29 is 9.90 Å². The molecule has 6 heteroatoms. The van der Waals surface area contributed by atoms with E-state index in [1.54, 1.807) is 11.8 Å². The number of benzene rings is 1. The van der Waals surface area contributed by atoms with Gasteiger partial charge in [0.05, 0.1) is 6.20 Å². The van der Waals surface area contributed by atoms with Crippen molar-refractivity contribution in [1.82, 2.24) is 4.98 Å². The summed E-state index contributed by atoms with van der Waals surface area (Å²) in [4.78, 5) is 16.1. The van der Waals surface area contributed by atoms with Crippen LogP contribution in [-0.4, -0.2) is 22.3 Å². The topological polar surface area (TPSA) is 62.2 Å². The minimum atomic E-state index is -0.951. The predicted molar refractivity (Wildman–Crippen MR) is 70.6 cm³/mol. The fourth-order valence-electron chi connectivity index (χ4n) is 1.23. The fourth-order valence-corrected chi connectivity index (χ4v) is 2.31. The quantitative estimate of drug-likeness (QED) is 0.831. The summed E-state index contributed by atoms with van der Waals surface area (Å²) in [6, 6.07) is 7.87. The van der Waals surface area contributed by atoms with E-state index in [9.17, 15) is 4.79 Å². The summed E-state index contributed by atoms with van der Waals surface area (Å²) in [5, 5.41) is 12.4. The Hall–Kier alpha value is -1.53. The Morgan fingerprint density at radius 2 is 2.12 bits per heavy atom. The Labute approximate surface area is 107 Å². The van der Waals surface area contributed by atoms with Crippen molar-refractivity contribution in [3.8, 4) is 0 Å². The zero-order valence-corrected chi connectivity index (χ0v) is 10.6. The summed E-state index contributed by atoms with van der Waals surface area (Å²) < 4.78 is 0. The molecule has 2 rings (SSSR count). The molecule has 0 saturated heterocycles. The molecule has 0 aliphatic rings. The van der Waals surface area contributed by atoms with Gasteiger partial charge in [-0.1, -0.05) is 11.3 Å². The molecule has 0 unspecified atom stereocenters. The molecule has 0 amide bonds. The van der Waals surface area contributed by atoms with Crippen molar-refractivity contribution in [2.24, 2.45) is 0 Å². The van der Waals surface area contributed by atoms with Gasteiger partial charge in [-0.05, 0) is 30.5 Å². The molecule has 0 fully saturated rings. The van der Waals surface area contributed by atoms with E-state index in [-0.39, 0.29) is 4.88 Å². The van der Waals surface area contributed by atoms with Crippen LogP contribution in [0.5, 0.6) is 0 Å². The maximum atomic E-state index is 10.7. The molecule has 0 spiro atoms. The number of nitrogens with one attached hydrogen (secondary N) is 1. The average molecular weight is 266 g/mol. The maximum absolute atomic E-state index is 10.7. The maximum Gasteiger partial charge on any atom is 0.347 e. The van der Waals surface area contributed by atoms with Crippen LogP contribution >= 0.6 is 23.1 Å². The summed E-state index contributed by atoms with van der Waals surface area (Å²) in [7, 11) is 0. The summed E-state index contributed by atoms with van der Waals surface area (Å²) in [6.07, 6.45) is 3.37. The lowest BCUT2D eigenvalue weighted by Gasteiger charge is -2.02. The lowest BCUT2D eigenvalue weighted by atomic mass is 10.3. The van der Waals surface area contributed by atoms with Gasteiger partial charge in [-0.3, -0.25) is 0 Å². The Morgan fingerprint density at radius 3 is 2.65 bits per heavy atom. The Morgan fingerprint density at radius 1 is 1.41 bits per heavy atom. The molecule has 0 aliphatic carbocycles. The van der Waals surface area contributed by atoms with Gasteiger partial charge in [0.2, 0.25) is 0 Å². The van der Waals surface area contributed by atoms with E-state index in [4.69, 9.17) is 5.11 Å². The van der Waals surface area contributed by atoms with Crippen molar-refractivity contribution >= 4 is 39.9 Å². The molecule has 0 bridgehead atoms. The molecule has 2 N–H and O–H groups in total. The lowest BCUT2D eigenvalue weighted by Crippen LogP contribution is -1.90. The van der Waals surface area contributed by atoms with Crippen LogP contribution in [0.4, 0.5) is 10.8 Å². The zero-order valence-electron chi connectivity index (χ0n) is 9.01. The summed E-state index contributed by atoms with van der Waals surface area (Å²) in [6.45, 7) is 0. The first-order valence-electron chi connectivity index (χ1n) is 4.79. The predicted octanol–water partition coefficient (Wildman–Crippen LogP) is 3.31. The largest absolute Gasteiger partial charge is 0.477 e. The molecule has 1 aromatic carbocycles. The van der Waals surface area contributed by atoms with Gasteiger partial charge in [-0.15, -0.1) is 11.8 Å². The molecule has 88 valence electrons. The lowest BCUT2D eigenvalue weighted by molar-refractivity contribution is 0.0702. The van der Waals surface area contributed by atoms with E-state index in [0.717, 1.165) is 17.0 Å². The van der Waals surface area contributed by atoms with E-state index in [0.29, 0.717) is 5.13 Å². The number of aromatic carboxylic acids is 1. The minimum Gasteiger partial charge on any atom is -0.477 e.